The standard InChI is InChI=1S/C68H44N2O2/c1-3-15-45(16-4-1)47-27-35-53(36-28-47)69(61-43-51-19-7-9-21-57(51)65-59-23-11-13-25-63(59)71-67(61)65)55-39-31-49(32-40-55)50-33-41-56(42-34-50)70(54-37-29-48(30-38-54)46-17-5-2-6-18-46)62-44-52-20-8-10-22-58(52)66-60-24-12-14-26-64(60)72-68(62)66/h1-44H. The molecule has 72 heavy (non-hydrogen) atoms. The monoisotopic (exact) mass is 920 g/mol. The summed E-state index contributed by atoms with van der Waals surface area (Å²) in [6, 6.07) is 95.1. The Morgan fingerprint density at radius 2 is 0.514 bits per heavy atom. The van der Waals surface area contributed by atoms with Gasteiger partial charge in [-0.1, -0.05) is 194 Å². The summed E-state index contributed by atoms with van der Waals surface area (Å²) < 4.78 is 13.7. The van der Waals surface area contributed by atoms with Crippen LogP contribution in [-0.2, 0) is 0 Å². The van der Waals surface area contributed by atoms with Gasteiger partial charge in [-0.05, 0) is 128 Å². The van der Waals surface area contributed by atoms with Crippen molar-refractivity contribution < 1.29 is 8.83 Å². The number of rotatable bonds is 9. The van der Waals surface area contributed by atoms with Gasteiger partial charge in [-0.2, -0.15) is 0 Å². The molecule has 0 saturated heterocycles. The minimum Gasteiger partial charge on any atom is -0.454 e. The Bertz CT molecular complexity index is 4010. The Kier molecular flexibility index (Phi) is 9.82. The van der Waals surface area contributed by atoms with Gasteiger partial charge >= 0.3 is 0 Å². The Hall–Kier alpha value is -9.64. The summed E-state index contributed by atoms with van der Waals surface area (Å²) in [5.74, 6) is 0. The number of benzene rings is 12. The van der Waals surface area contributed by atoms with Crippen LogP contribution in [-0.4, -0.2) is 0 Å². The Balaban J connectivity index is 0.883. The van der Waals surface area contributed by atoms with Crippen LogP contribution < -0.4 is 9.80 Å². The number of anilines is 6. The smallest absolute Gasteiger partial charge is 0.160 e. The SMILES string of the molecule is c1ccc(-c2ccc(N(c3ccc(-c4ccc(N(c5ccc(-c6ccccc6)cc5)c5cc6ccccc6c6c5oc5ccccc56)cc4)cc3)c3cc4ccccc4c4c3oc3ccccc34)cc2)cc1. The predicted octanol–water partition coefficient (Wildman–Crippen LogP) is 19.7. The van der Waals surface area contributed by atoms with Crippen LogP contribution in [0.15, 0.2) is 276 Å². The lowest BCUT2D eigenvalue weighted by atomic mass is 10.00. The molecule has 338 valence electrons. The predicted molar refractivity (Wildman–Crippen MR) is 302 cm³/mol. The maximum Gasteiger partial charge on any atom is 0.160 e. The molecule has 0 fully saturated rings. The minimum absolute atomic E-state index is 0.854. The summed E-state index contributed by atoms with van der Waals surface area (Å²) in [7, 11) is 0. The van der Waals surface area contributed by atoms with Gasteiger partial charge in [-0.15, -0.1) is 0 Å². The molecule has 4 nitrogen and oxygen atoms in total. The van der Waals surface area contributed by atoms with Crippen LogP contribution >= 0.6 is 0 Å². The molecule has 0 N–H and O–H groups in total. The first-order valence-electron chi connectivity index (χ1n) is 24.5. The number of fused-ring (bicyclic) bond motifs is 10. The maximum absolute atomic E-state index is 6.83. The van der Waals surface area contributed by atoms with Gasteiger partial charge in [0.05, 0.1) is 11.4 Å². The zero-order chi connectivity index (χ0) is 47.5. The molecule has 0 aliphatic rings. The lowest BCUT2D eigenvalue weighted by Crippen LogP contribution is -2.10. The van der Waals surface area contributed by atoms with Crippen molar-refractivity contribution in [2.24, 2.45) is 0 Å². The first-order chi connectivity index (χ1) is 35.7. The van der Waals surface area contributed by atoms with E-state index < -0.39 is 0 Å². The highest BCUT2D eigenvalue weighted by atomic mass is 16.3. The maximum atomic E-state index is 6.83. The molecule has 0 aliphatic carbocycles. The molecule has 0 bridgehead atoms. The van der Waals surface area contributed by atoms with E-state index >= 15 is 0 Å². The van der Waals surface area contributed by atoms with Crippen molar-refractivity contribution >= 4 is 99.5 Å². The fraction of sp³-hybridized carbons (Fsp3) is 0. The van der Waals surface area contributed by atoms with Crippen molar-refractivity contribution in [1.29, 1.82) is 0 Å². The van der Waals surface area contributed by atoms with Gasteiger partial charge in [0.1, 0.15) is 11.2 Å². The second-order valence-electron chi connectivity index (χ2n) is 18.4. The van der Waals surface area contributed by atoms with E-state index in [1.165, 1.54) is 21.9 Å². The van der Waals surface area contributed by atoms with E-state index in [9.17, 15) is 0 Å². The number of furan rings is 2. The molecule has 0 atom stereocenters. The minimum atomic E-state index is 0.854. The molecule has 4 heteroatoms. The molecule has 2 aromatic heterocycles. The lowest BCUT2D eigenvalue weighted by Gasteiger charge is -2.27. The van der Waals surface area contributed by atoms with Crippen molar-refractivity contribution in [2.75, 3.05) is 9.80 Å². The average Bonchev–Trinajstić information content (AvgIpc) is 4.05. The molecule has 0 saturated carbocycles. The third-order valence-corrected chi connectivity index (χ3v) is 14.2. The number of nitrogens with zero attached hydrogens (tertiary/aromatic N) is 2. The molecular weight excluding hydrogens is 877 g/mol. The van der Waals surface area contributed by atoms with Crippen molar-refractivity contribution in [3.05, 3.63) is 267 Å². The summed E-state index contributed by atoms with van der Waals surface area (Å²) in [6.07, 6.45) is 0. The van der Waals surface area contributed by atoms with Crippen LogP contribution in [0.2, 0.25) is 0 Å². The molecule has 12 aromatic carbocycles. The molecule has 2 heterocycles. The number of para-hydroxylation sites is 2. The quantitative estimate of drug-likeness (QED) is 0.144. The van der Waals surface area contributed by atoms with Crippen LogP contribution in [0, 0.1) is 0 Å². The van der Waals surface area contributed by atoms with Gasteiger partial charge in [0, 0.05) is 44.3 Å². The normalized spacial score (nSPS) is 11.6. The van der Waals surface area contributed by atoms with Gasteiger partial charge in [-0.3, -0.25) is 0 Å². The second kappa shape index (κ2) is 17.1. The molecule has 14 rings (SSSR count). The highest BCUT2D eigenvalue weighted by Gasteiger charge is 2.24. The molecular formula is C68H44N2O2. The van der Waals surface area contributed by atoms with Crippen molar-refractivity contribution in [3.63, 3.8) is 0 Å². The van der Waals surface area contributed by atoms with Crippen LogP contribution in [0.4, 0.5) is 34.1 Å². The van der Waals surface area contributed by atoms with Gasteiger partial charge in [-0.25, -0.2) is 0 Å². The third-order valence-electron chi connectivity index (χ3n) is 14.2. The molecule has 0 spiro atoms. The van der Waals surface area contributed by atoms with Gasteiger partial charge in [0.25, 0.3) is 0 Å². The Labute approximate surface area is 416 Å². The van der Waals surface area contributed by atoms with Crippen molar-refractivity contribution in [3.8, 4) is 33.4 Å². The van der Waals surface area contributed by atoms with Gasteiger partial charge in [0.15, 0.2) is 11.2 Å². The Morgan fingerprint density at radius 1 is 0.236 bits per heavy atom. The molecule has 0 unspecified atom stereocenters. The van der Waals surface area contributed by atoms with E-state index in [-0.39, 0.29) is 0 Å². The van der Waals surface area contributed by atoms with Crippen LogP contribution in [0.3, 0.4) is 0 Å². The fourth-order valence-corrected chi connectivity index (χ4v) is 10.8. The van der Waals surface area contributed by atoms with Crippen molar-refractivity contribution in [1.82, 2.24) is 0 Å². The zero-order valence-corrected chi connectivity index (χ0v) is 39.1. The van der Waals surface area contributed by atoms with E-state index in [1.807, 2.05) is 12.1 Å². The molecule has 14 aromatic rings. The topological polar surface area (TPSA) is 32.8 Å². The highest BCUT2D eigenvalue weighted by molar-refractivity contribution is 6.24. The van der Waals surface area contributed by atoms with Crippen molar-refractivity contribution in [2.45, 2.75) is 0 Å². The molecule has 0 aliphatic heterocycles. The second-order valence-corrected chi connectivity index (χ2v) is 18.4. The number of hydrogen-bond donors (Lipinski definition) is 0. The highest BCUT2D eigenvalue weighted by Crippen LogP contribution is 2.48. The first kappa shape index (κ1) is 41.3. The summed E-state index contributed by atoms with van der Waals surface area (Å²) in [4.78, 5) is 4.67. The van der Waals surface area contributed by atoms with E-state index in [2.05, 4.69) is 265 Å². The summed E-state index contributed by atoms with van der Waals surface area (Å²) in [6.45, 7) is 0. The summed E-state index contributed by atoms with van der Waals surface area (Å²) in [5, 5.41) is 9.09. The van der Waals surface area contributed by atoms with Gasteiger partial charge in [0.2, 0.25) is 0 Å². The van der Waals surface area contributed by atoms with E-state index in [0.717, 1.165) is 111 Å². The van der Waals surface area contributed by atoms with E-state index in [4.69, 9.17) is 8.83 Å². The first-order valence-corrected chi connectivity index (χ1v) is 24.5. The van der Waals surface area contributed by atoms with Crippen LogP contribution in [0.25, 0.3) is 98.8 Å². The summed E-state index contributed by atoms with van der Waals surface area (Å²) >= 11 is 0. The van der Waals surface area contributed by atoms with E-state index in [1.54, 1.807) is 0 Å². The fourth-order valence-electron chi connectivity index (χ4n) is 10.8. The van der Waals surface area contributed by atoms with Crippen LogP contribution in [0.5, 0.6) is 0 Å². The summed E-state index contributed by atoms with van der Waals surface area (Å²) in [5.41, 5.74) is 16.4. The van der Waals surface area contributed by atoms with Gasteiger partial charge < -0.3 is 18.6 Å². The lowest BCUT2D eigenvalue weighted by molar-refractivity contribution is 0.669. The third kappa shape index (κ3) is 7.00. The molecule has 0 amide bonds. The zero-order valence-electron chi connectivity index (χ0n) is 39.1. The van der Waals surface area contributed by atoms with E-state index in [0.29, 0.717) is 0 Å². The van der Waals surface area contributed by atoms with Crippen LogP contribution in [0.1, 0.15) is 0 Å². The number of hydrogen-bond acceptors (Lipinski definition) is 4. The molecule has 0 radical (unpaired) electrons. The average molecular weight is 921 g/mol. The Morgan fingerprint density at radius 3 is 0.861 bits per heavy atom. The largest absolute Gasteiger partial charge is 0.454 e.